The third-order valence-corrected chi connectivity index (χ3v) is 5.23. The predicted molar refractivity (Wildman–Crippen MR) is 107 cm³/mol. The summed E-state index contributed by atoms with van der Waals surface area (Å²) < 4.78 is 1.24. The minimum Gasteiger partial charge on any atom is -1.00 e. The lowest BCUT2D eigenvalue weighted by atomic mass is 10.1. The van der Waals surface area contributed by atoms with Crippen LogP contribution in [0, 0.1) is 0 Å². The van der Waals surface area contributed by atoms with Crippen LogP contribution in [0.3, 0.4) is 0 Å². The Hall–Kier alpha value is 0.250. The normalized spacial score (nSPS) is 11.5. The Morgan fingerprint density at radius 3 is 0.958 bits per heavy atom. The Morgan fingerprint density at radius 1 is 0.417 bits per heavy atom. The molecule has 0 radical (unpaired) electrons. The standard InChI is InChI=1S/C22H48N.ClH/c1-5-7-9-11-13-14-16-18-20-22-23(3,4)21-19-17-15-12-10-8-6-2;/h5-22H2,1-4H3;1H/q+1;/p-1. The predicted octanol–water partition coefficient (Wildman–Crippen LogP) is 4.35. The summed E-state index contributed by atoms with van der Waals surface area (Å²) in [7, 11) is 4.86. The number of quaternary nitrogens is 1. The second-order valence-corrected chi connectivity index (χ2v) is 8.33. The smallest absolute Gasteiger partial charge is 0.0782 e. The Balaban J connectivity index is 0. The first kappa shape index (κ1) is 26.5. The van der Waals surface area contributed by atoms with Gasteiger partial charge in [-0.2, -0.15) is 0 Å². The first-order chi connectivity index (χ1) is 11.1. The maximum Gasteiger partial charge on any atom is 0.0782 e. The summed E-state index contributed by atoms with van der Waals surface area (Å²) in [5, 5.41) is 0. The highest BCUT2D eigenvalue weighted by molar-refractivity contribution is 4.48. The Kier molecular flexibility index (Phi) is 21.6. The van der Waals surface area contributed by atoms with Crippen molar-refractivity contribution < 1.29 is 16.9 Å². The topological polar surface area (TPSA) is 0 Å². The van der Waals surface area contributed by atoms with Crippen LogP contribution in [0.2, 0.25) is 0 Å². The fraction of sp³-hybridized carbons (Fsp3) is 1.00. The maximum absolute atomic E-state index is 2.43. The van der Waals surface area contributed by atoms with Crippen molar-refractivity contribution in [2.75, 3.05) is 27.2 Å². The minimum atomic E-state index is 0. The lowest BCUT2D eigenvalue weighted by Gasteiger charge is -2.30. The number of halogens is 1. The van der Waals surface area contributed by atoms with E-state index in [1.807, 2.05) is 0 Å². The zero-order valence-corrected chi connectivity index (χ0v) is 18.3. The van der Waals surface area contributed by atoms with Crippen LogP contribution in [-0.4, -0.2) is 31.7 Å². The van der Waals surface area contributed by atoms with Gasteiger partial charge in [0.15, 0.2) is 0 Å². The molecule has 0 heterocycles. The van der Waals surface area contributed by atoms with Gasteiger partial charge in [-0.05, 0) is 25.7 Å². The molecule has 0 atom stereocenters. The summed E-state index contributed by atoms with van der Waals surface area (Å²) in [6.07, 6.45) is 23.0. The van der Waals surface area contributed by atoms with Crippen molar-refractivity contribution in [3.8, 4) is 0 Å². The van der Waals surface area contributed by atoms with Gasteiger partial charge in [0.05, 0.1) is 27.2 Å². The van der Waals surface area contributed by atoms with Crippen LogP contribution in [-0.2, 0) is 0 Å². The van der Waals surface area contributed by atoms with E-state index >= 15 is 0 Å². The highest BCUT2D eigenvalue weighted by Gasteiger charge is 2.13. The molecule has 0 aromatic rings. The van der Waals surface area contributed by atoms with Gasteiger partial charge in [0.2, 0.25) is 0 Å². The number of rotatable bonds is 18. The molecule has 0 amide bonds. The SMILES string of the molecule is CCCCCCCCCCC[N+](C)(C)CCCCCCCCC.[Cl-]. The van der Waals surface area contributed by atoms with Crippen molar-refractivity contribution in [3.05, 3.63) is 0 Å². The molecule has 2 heteroatoms. The van der Waals surface area contributed by atoms with E-state index in [9.17, 15) is 0 Å². The number of hydrogen-bond donors (Lipinski definition) is 0. The number of hydrogen-bond acceptors (Lipinski definition) is 0. The van der Waals surface area contributed by atoms with Gasteiger partial charge >= 0.3 is 0 Å². The maximum atomic E-state index is 2.43. The van der Waals surface area contributed by atoms with E-state index in [0.29, 0.717) is 0 Å². The largest absolute Gasteiger partial charge is 1.00 e. The van der Waals surface area contributed by atoms with Gasteiger partial charge in [0, 0.05) is 0 Å². The average molecular weight is 362 g/mol. The molecule has 148 valence electrons. The van der Waals surface area contributed by atoms with Crippen molar-refractivity contribution in [2.24, 2.45) is 0 Å². The second kappa shape index (κ2) is 19.6. The van der Waals surface area contributed by atoms with Gasteiger partial charge in [-0.3, -0.25) is 0 Å². The second-order valence-electron chi connectivity index (χ2n) is 8.33. The van der Waals surface area contributed by atoms with E-state index in [1.54, 1.807) is 0 Å². The lowest BCUT2D eigenvalue weighted by Crippen LogP contribution is -3.00. The average Bonchev–Trinajstić information content (AvgIpc) is 2.52. The summed E-state index contributed by atoms with van der Waals surface area (Å²) in [4.78, 5) is 0. The van der Waals surface area contributed by atoms with E-state index in [-0.39, 0.29) is 12.4 Å². The molecule has 0 N–H and O–H groups in total. The van der Waals surface area contributed by atoms with Gasteiger partial charge in [-0.1, -0.05) is 90.9 Å². The van der Waals surface area contributed by atoms with Crippen LogP contribution >= 0.6 is 0 Å². The fourth-order valence-electron chi connectivity index (χ4n) is 3.46. The lowest BCUT2D eigenvalue weighted by molar-refractivity contribution is -0.890. The van der Waals surface area contributed by atoms with Crippen LogP contribution in [0.1, 0.15) is 117 Å². The zero-order chi connectivity index (χ0) is 17.2. The Labute approximate surface area is 161 Å². The van der Waals surface area contributed by atoms with Crippen LogP contribution in [0.15, 0.2) is 0 Å². The van der Waals surface area contributed by atoms with E-state index < -0.39 is 0 Å². The molecule has 0 saturated carbocycles. The van der Waals surface area contributed by atoms with Gasteiger partial charge < -0.3 is 16.9 Å². The molecule has 0 aliphatic carbocycles. The highest BCUT2D eigenvalue weighted by atomic mass is 35.5. The molecule has 0 bridgehead atoms. The van der Waals surface area contributed by atoms with E-state index in [1.165, 1.54) is 120 Å². The van der Waals surface area contributed by atoms with E-state index in [2.05, 4.69) is 27.9 Å². The van der Waals surface area contributed by atoms with Crippen molar-refractivity contribution >= 4 is 0 Å². The quantitative estimate of drug-likeness (QED) is 0.251. The molecule has 0 rings (SSSR count). The van der Waals surface area contributed by atoms with Crippen LogP contribution in [0.4, 0.5) is 0 Å². The molecule has 0 aliphatic rings. The molecule has 0 fully saturated rings. The Bertz CT molecular complexity index is 228. The minimum absolute atomic E-state index is 0. The third kappa shape index (κ3) is 20.3. The third-order valence-electron chi connectivity index (χ3n) is 5.23. The van der Waals surface area contributed by atoms with Crippen LogP contribution < -0.4 is 12.4 Å². The Morgan fingerprint density at radius 2 is 0.667 bits per heavy atom. The molecule has 0 aliphatic heterocycles. The van der Waals surface area contributed by atoms with Crippen molar-refractivity contribution in [3.63, 3.8) is 0 Å². The van der Waals surface area contributed by atoms with Crippen molar-refractivity contribution in [1.29, 1.82) is 0 Å². The molecule has 0 unspecified atom stereocenters. The van der Waals surface area contributed by atoms with Crippen molar-refractivity contribution in [2.45, 2.75) is 117 Å². The first-order valence-electron chi connectivity index (χ1n) is 10.9. The number of nitrogens with zero attached hydrogens (tertiary/aromatic N) is 1. The molecule has 24 heavy (non-hydrogen) atoms. The fourth-order valence-corrected chi connectivity index (χ4v) is 3.46. The summed E-state index contributed by atoms with van der Waals surface area (Å²) in [6.45, 7) is 7.36. The van der Waals surface area contributed by atoms with Gasteiger partial charge in [-0.15, -0.1) is 0 Å². The summed E-state index contributed by atoms with van der Waals surface area (Å²) in [6, 6.07) is 0. The van der Waals surface area contributed by atoms with Crippen LogP contribution in [0.5, 0.6) is 0 Å². The van der Waals surface area contributed by atoms with Crippen molar-refractivity contribution in [1.82, 2.24) is 0 Å². The summed E-state index contributed by atoms with van der Waals surface area (Å²) in [5.41, 5.74) is 0. The van der Waals surface area contributed by atoms with Gasteiger partial charge in [0.1, 0.15) is 0 Å². The monoisotopic (exact) mass is 361 g/mol. The molecule has 1 nitrogen and oxygen atoms in total. The first-order valence-corrected chi connectivity index (χ1v) is 10.9. The van der Waals surface area contributed by atoms with Gasteiger partial charge in [-0.25, -0.2) is 0 Å². The summed E-state index contributed by atoms with van der Waals surface area (Å²) >= 11 is 0. The summed E-state index contributed by atoms with van der Waals surface area (Å²) in [5.74, 6) is 0. The van der Waals surface area contributed by atoms with Crippen LogP contribution in [0.25, 0.3) is 0 Å². The molecular formula is C22H48ClN. The molecule has 0 aromatic heterocycles. The molecular weight excluding hydrogens is 314 g/mol. The van der Waals surface area contributed by atoms with Gasteiger partial charge in [0.25, 0.3) is 0 Å². The van der Waals surface area contributed by atoms with E-state index in [4.69, 9.17) is 0 Å². The van der Waals surface area contributed by atoms with E-state index in [0.717, 1.165) is 0 Å². The zero-order valence-electron chi connectivity index (χ0n) is 17.6. The molecule has 0 spiro atoms. The highest BCUT2D eigenvalue weighted by Crippen LogP contribution is 2.13. The molecule has 0 aromatic carbocycles. The molecule has 0 saturated heterocycles. The number of unbranched alkanes of at least 4 members (excludes halogenated alkanes) is 14.